The van der Waals surface area contributed by atoms with Crippen molar-refractivity contribution in [2.45, 2.75) is 11.4 Å². The van der Waals surface area contributed by atoms with Gasteiger partial charge >= 0.3 is 0 Å². The number of rotatable bonds is 5. The van der Waals surface area contributed by atoms with Crippen molar-refractivity contribution in [2.75, 3.05) is 11.4 Å². The van der Waals surface area contributed by atoms with Crippen LogP contribution in [-0.4, -0.2) is 18.4 Å². The summed E-state index contributed by atoms with van der Waals surface area (Å²) < 4.78 is 5.23. The molecule has 1 aliphatic rings. The summed E-state index contributed by atoms with van der Waals surface area (Å²) in [6.07, 6.45) is 3.35. The van der Waals surface area contributed by atoms with Crippen LogP contribution < -0.4 is 10.2 Å². The van der Waals surface area contributed by atoms with Crippen LogP contribution in [0, 0.1) is 0 Å². The summed E-state index contributed by atoms with van der Waals surface area (Å²) in [6, 6.07) is 18.4. The van der Waals surface area contributed by atoms with E-state index in [1.54, 1.807) is 36.6 Å². The number of halogens is 1. The number of hydrogen-bond acceptors (Lipinski definition) is 4. The second-order valence-corrected chi connectivity index (χ2v) is 7.90. The lowest BCUT2D eigenvalue weighted by atomic mass is 10.2. The smallest absolute Gasteiger partial charge is 0.265 e. The Morgan fingerprint density at radius 3 is 2.79 bits per heavy atom. The number of fused-ring (bicyclic) bond motifs is 1. The highest BCUT2D eigenvalue weighted by Crippen LogP contribution is 2.41. The van der Waals surface area contributed by atoms with E-state index in [1.165, 1.54) is 16.7 Å². The fraction of sp³-hybridized carbons (Fsp3) is 0.0909. The lowest BCUT2D eigenvalue weighted by Crippen LogP contribution is -2.42. The Labute approximate surface area is 177 Å². The number of amides is 2. The van der Waals surface area contributed by atoms with E-state index in [4.69, 9.17) is 16.0 Å². The molecule has 0 saturated heterocycles. The molecule has 7 heteroatoms. The van der Waals surface area contributed by atoms with Crippen LogP contribution in [0.3, 0.4) is 0 Å². The Hall–Kier alpha value is -2.96. The van der Waals surface area contributed by atoms with E-state index in [0.717, 1.165) is 16.1 Å². The van der Waals surface area contributed by atoms with Gasteiger partial charge in [0.25, 0.3) is 5.91 Å². The first kappa shape index (κ1) is 19.4. The lowest BCUT2D eigenvalue weighted by molar-refractivity contribution is -0.122. The molecule has 0 bridgehead atoms. The van der Waals surface area contributed by atoms with Crippen molar-refractivity contribution in [3.8, 4) is 0 Å². The third kappa shape index (κ3) is 4.55. The highest BCUT2D eigenvalue weighted by atomic mass is 35.5. The normalized spacial score (nSPS) is 14.7. The number of nitrogens with zero attached hydrogens (tertiary/aromatic N) is 1. The summed E-state index contributed by atoms with van der Waals surface area (Å²) in [5, 5.41) is 3.38. The number of carbonyl (C=O) groups is 2. The maximum Gasteiger partial charge on any atom is 0.265 e. The molecular weight excluding hydrogens is 408 g/mol. The molecule has 0 atom stereocenters. The molecule has 1 aliphatic heterocycles. The molecule has 0 radical (unpaired) electrons. The van der Waals surface area contributed by atoms with Crippen LogP contribution in [0.4, 0.5) is 5.69 Å². The third-order valence-electron chi connectivity index (χ3n) is 4.32. The van der Waals surface area contributed by atoms with Crippen molar-refractivity contribution >= 4 is 46.9 Å². The number of benzene rings is 2. The van der Waals surface area contributed by atoms with Crippen molar-refractivity contribution in [3.63, 3.8) is 0 Å². The predicted octanol–water partition coefficient (Wildman–Crippen LogP) is 4.73. The second-order valence-electron chi connectivity index (χ2n) is 6.38. The highest BCUT2D eigenvalue weighted by molar-refractivity contribution is 8.04. The summed E-state index contributed by atoms with van der Waals surface area (Å²) in [7, 11) is 0. The van der Waals surface area contributed by atoms with Gasteiger partial charge in [-0.3, -0.25) is 14.5 Å². The lowest BCUT2D eigenvalue weighted by Gasteiger charge is -2.29. The van der Waals surface area contributed by atoms with Gasteiger partial charge in [-0.05, 0) is 48.0 Å². The molecule has 0 fully saturated rings. The van der Waals surface area contributed by atoms with Gasteiger partial charge in [-0.1, -0.05) is 47.6 Å². The quantitative estimate of drug-likeness (QED) is 0.601. The van der Waals surface area contributed by atoms with Crippen LogP contribution in [0.2, 0.25) is 5.02 Å². The van der Waals surface area contributed by atoms with Gasteiger partial charge in [0.05, 0.1) is 23.4 Å². The highest BCUT2D eigenvalue weighted by Gasteiger charge is 2.30. The zero-order chi connectivity index (χ0) is 20.2. The molecule has 146 valence electrons. The van der Waals surface area contributed by atoms with Gasteiger partial charge in [0.1, 0.15) is 12.3 Å². The summed E-state index contributed by atoms with van der Waals surface area (Å²) in [5.41, 5.74) is 1.55. The second kappa shape index (κ2) is 8.59. The van der Waals surface area contributed by atoms with Crippen LogP contribution in [0.1, 0.15) is 11.3 Å². The van der Waals surface area contributed by atoms with E-state index < -0.39 is 0 Å². The Kier molecular flexibility index (Phi) is 5.74. The van der Waals surface area contributed by atoms with Crippen molar-refractivity contribution in [2.24, 2.45) is 0 Å². The van der Waals surface area contributed by atoms with Crippen molar-refractivity contribution < 1.29 is 14.0 Å². The van der Waals surface area contributed by atoms with Gasteiger partial charge < -0.3 is 9.73 Å². The minimum Gasteiger partial charge on any atom is -0.467 e. The number of carbonyl (C=O) groups excluding carboxylic acids is 2. The first-order valence-corrected chi connectivity index (χ1v) is 10.1. The Bertz CT molecular complexity index is 1080. The molecule has 2 amide bonds. The van der Waals surface area contributed by atoms with E-state index in [2.05, 4.69) is 5.32 Å². The molecule has 1 aromatic heterocycles. The van der Waals surface area contributed by atoms with Gasteiger partial charge in [0.2, 0.25) is 5.91 Å². The summed E-state index contributed by atoms with van der Waals surface area (Å²) in [6.45, 7) is 0.194. The summed E-state index contributed by atoms with van der Waals surface area (Å²) in [5.74, 6) is 0.168. The molecule has 29 heavy (non-hydrogen) atoms. The number of furan rings is 1. The maximum absolute atomic E-state index is 13.2. The minimum atomic E-state index is -0.265. The fourth-order valence-electron chi connectivity index (χ4n) is 2.97. The number of thioether (sulfide) groups is 1. The van der Waals surface area contributed by atoms with Crippen molar-refractivity contribution in [3.05, 3.63) is 88.2 Å². The average molecular weight is 425 g/mol. The predicted molar refractivity (Wildman–Crippen MR) is 115 cm³/mol. The molecule has 2 heterocycles. The van der Waals surface area contributed by atoms with E-state index >= 15 is 0 Å². The zero-order valence-corrected chi connectivity index (χ0v) is 16.9. The maximum atomic E-state index is 13.2. The summed E-state index contributed by atoms with van der Waals surface area (Å²) in [4.78, 5) is 28.6. The average Bonchev–Trinajstić information content (AvgIpc) is 3.23. The molecule has 4 rings (SSSR count). The van der Waals surface area contributed by atoms with E-state index in [9.17, 15) is 9.59 Å². The molecular formula is C22H17ClN2O3S. The van der Waals surface area contributed by atoms with Gasteiger partial charge in [0.15, 0.2) is 0 Å². The number of nitrogens with one attached hydrogen (secondary N) is 1. The standard InChI is InChI=1S/C22H17ClN2O3S/c23-16-6-3-5-15(11-16)12-20-22(27)25(18-8-1-2-9-19(18)29-20)14-21(26)24-13-17-7-4-10-28-17/h1-12H,13-14H2,(H,24,26)/b20-12+. The van der Waals surface area contributed by atoms with Gasteiger partial charge in [0, 0.05) is 9.92 Å². The SMILES string of the molecule is O=C(CN1C(=O)/C(=C\c2cccc(Cl)c2)Sc2ccccc21)NCc1ccco1. The first-order valence-electron chi connectivity index (χ1n) is 8.95. The van der Waals surface area contributed by atoms with Gasteiger partial charge in [-0.2, -0.15) is 0 Å². The van der Waals surface area contributed by atoms with Gasteiger partial charge in [-0.15, -0.1) is 0 Å². The van der Waals surface area contributed by atoms with E-state index in [1.807, 2.05) is 36.4 Å². The van der Waals surface area contributed by atoms with E-state index in [-0.39, 0.29) is 24.9 Å². The van der Waals surface area contributed by atoms with Gasteiger partial charge in [-0.25, -0.2) is 0 Å². The Balaban J connectivity index is 1.58. The Morgan fingerprint density at radius 2 is 2.00 bits per heavy atom. The monoisotopic (exact) mass is 424 g/mol. The minimum absolute atomic E-state index is 0.0794. The number of hydrogen-bond donors (Lipinski definition) is 1. The number of para-hydroxylation sites is 1. The molecule has 0 spiro atoms. The third-order valence-corrected chi connectivity index (χ3v) is 5.63. The molecule has 1 N–H and O–H groups in total. The van der Waals surface area contributed by atoms with Crippen LogP contribution >= 0.6 is 23.4 Å². The summed E-state index contributed by atoms with van der Waals surface area (Å²) >= 11 is 7.45. The fourth-order valence-corrected chi connectivity index (χ4v) is 4.22. The largest absolute Gasteiger partial charge is 0.467 e. The first-order chi connectivity index (χ1) is 14.1. The van der Waals surface area contributed by atoms with Crippen molar-refractivity contribution in [1.82, 2.24) is 5.32 Å². The molecule has 0 saturated carbocycles. The van der Waals surface area contributed by atoms with Crippen molar-refractivity contribution in [1.29, 1.82) is 0 Å². The van der Waals surface area contributed by atoms with Crippen LogP contribution in [-0.2, 0) is 16.1 Å². The van der Waals surface area contributed by atoms with E-state index in [0.29, 0.717) is 15.7 Å². The number of anilines is 1. The van der Waals surface area contributed by atoms with Crippen LogP contribution in [0.15, 0.2) is 81.1 Å². The topological polar surface area (TPSA) is 62.6 Å². The van der Waals surface area contributed by atoms with Crippen LogP contribution in [0.5, 0.6) is 0 Å². The Morgan fingerprint density at radius 1 is 1.14 bits per heavy atom. The molecule has 0 aliphatic carbocycles. The molecule has 2 aromatic carbocycles. The zero-order valence-electron chi connectivity index (χ0n) is 15.3. The molecule has 3 aromatic rings. The van der Waals surface area contributed by atoms with Crippen LogP contribution in [0.25, 0.3) is 6.08 Å². The molecule has 5 nitrogen and oxygen atoms in total. The molecule has 0 unspecified atom stereocenters.